The molecule has 0 spiro atoms. The number of rotatable bonds is 9. The SMILES string of the molecule is CSC1=C(SC)SC(=C2SC(SC)=C(SCCCOS(C)(=O)=O)S2)S1. The Labute approximate surface area is 184 Å². The molecule has 0 aromatic carbocycles. The number of hydrogen-bond donors (Lipinski definition) is 0. The highest BCUT2D eigenvalue weighted by Gasteiger charge is 2.29. The minimum atomic E-state index is -3.33. The minimum absolute atomic E-state index is 0.253. The molecule has 0 aromatic rings. The third-order valence-electron chi connectivity index (χ3n) is 2.62. The van der Waals surface area contributed by atoms with Gasteiger partial charge in [0.2, 0.25) is 0 Å². The van der Waals surface area contributed by atoms with E-state index in [0.717, 1.165) is 18.4 Å². The molecule has 0 radical (unpaired) electrons. The second kappa shape index (κ2) is 11.2. The molecule has 2 heterocycles. The van der Waals surface area contributed by atoms with Gasteiger partial charge in [0, 0.05) is 5.75 Å². The molecule has 2 aliphatic rings. The van der Waals surface area contributed by atoms with Crippen LogP contribution in [0.15, 0.2) is 25.4 Å². The van der Waals surface area contributed by atoms with E-state index in [9.17, 15) is 8.42 Å². The smallest absolute Gasteiger partial charge is 0.264 e. The maximum atomic E-state index is 11.0. The van der Waals surface area contributed by atoms with Crippen LogP contribution in [-0.2, 0) is 14.3 Å². The molecule has 3 nitrogen and oxygen atoms in total. The lowest BCUT2D eigenvalue weighted by molar-refractivity contribution is 0.323. The normalized spacial score (nSPS) is 18.9. The van der Waals surface area contributed by atoms with Crippen molar-refractivity contribution in [3.05, 3.63) is 25.4 Å². The summed E-state index contributed by atoms with van der Waals surface area (Å²) in [6.07, 6.45) is 8.18. The van der Waals surface area contributed by atoms with Crippen molar-refractivity contribution >= 4 is 104 Å². The first-order chi connectivity index (χ1) is 11.9. The molecule has 0 unspecified atom stereocenters. The monoisotopic (exact) mass is 510 g/mol. The predicted octanol–water partition coefficient (Wildman–Crippen LogP) is 6.51. The molecule has 2 aliphatic heterocycles. The van der Waals surface area contributed by atoms with Crippen molar-refractivity contribution < 1.29 is 12.6 Å². The van der Waals surface area contributed by atoms with Crippen molar-refractivity contribution in [3.8, 4) is 0 Å². The third-order valence-corrected chi connectivity index (χ3v) is 14.4. The molecule has 0 saturated heterocycles. The van der Waals surface area contributed by atoms with E-state index in [-0.39, 0.29) is 6.61 Å². The van der Waals surface area contributed by atoms with Gasteiger partial charge in [0.1, 0.15) is 0 Å². The highest BCUT2D eigenvalue weighted by molar-refractivity contribution is 8.44. The largest absolute Gasteiger partial charge is 0.270 e. The van der Waals surface area contributed by atoms with Crippen LogP contribution in [0.25, 0.3) is 0 Å². The van der Waals surface area contributed by atoms with Gasteiger partial charge >= 0.3 is 0 Å². The zero-order chi connectivity index (χ0) is 18.4. The molecular weight excluding hydrogens is 493 g/mol. The second-order valence-corrected chi connectivity index (χ2v) is 15.3. The first kappa shape index (κ1) is 23.2. The molecule has 0 amide bonds. The van der Waals surface area contributed by atoms with Gasteiger partial charge in [-0.05, 0) is 25.2 Å². The number of hydrogen-bond acceptors (Lipinski definition) is 11. The van der Waals surface area contributed by atoms with Crippen LogP contribution in [0.2, 0.25) is 0 Å². The van der Waals surface area contributed by atoms with E-state index in [1.54, 1.807) is 23.5 Å². The topological polar surface area (TPSA) is 43.4 Å². The van der Waals surface area contributed by atoms with Crippen molar-refractivity contribution in [1.29, 1.82) is 0 Å². The van der Waals surface area contributed by atoms with Crippen LogP contribution >= 0.6 is 94.1 Å². The van der Waals surface area contributed by atoms with E-state index in [0.29, 0.717) is 0 Å². The van der Waals surface area contributed by atoms with Gasteiger partial charge in [-0.25, -0.2) is 0 Å². The molecule has 142 valence electrons. The molecule has 2 rings (SSSR count). The van der Waals surface area contributed by atoms with Crippen LogP contribution in [0.4, 0.5) is 0 Å². The molecule has 0 saturated carbocycles. The van der Waals surface area contributed by atoms with Crippen molar-refractivity contribution in [2.24, 2.45) is 0 Å². The van der Waals surface area contributed by atoms with Crippen LogP contribution in [-0.4, -0.2) is 45.8 Å². The molecule has 25 heavy (non-hydrogen) atoms. The van der Waals surface area contributed by atoms with Gasteiger partial charge in [0.15, 0.2) is 0 Å². The third kappa shape index (κ3) is 7.36. The predicted molar refractivity (Wildman–Crippen MR) is 130 cm³/mol. The van der Waals surface area contributed by atoms with Crippen LogP contribution in [0, 0.1) is 0 Å². The van der Waals surface area contributed by atoms with Crippen LogP contribution in [0.3, 0.4) is 0 Å². The van der Waals surface area contributed by atoms with Gasteiger partial charge in [0.05, 0.1) is 38.3 Å². The maximum Gasteiger partial charge on any atom is 0.264 e. The molecule has 0 aliphatic carbocycles. The van der Waals surface area contributed by atoms with Crippen LogP contribution < -0.4 is 0 Å². The average molecular weight is 511 g/mol. The fourth-order valence-corrected chi connectivity index (χ4v) is 12.7. The van der Waals surface area contributed by atoms with Gasteiger partial charge < -0.3 is 0 Å². The van der Waals surface area contributed by atoms with Crippen molar-refractivity contribution in [3.63, 3.8) is 0 Å². The fraction of sp³-hybridized carbons (Fsp3) is 0.538. The molecule has 0 atom stereocenters. The van der Waals surface area contributed by atoms with Gasteiger partial charge in [-0.15, -0.1) is 47.0 Å². The molecule has 0 bridgehead atoms. The maximum absolute atomic E-state index is 11.0. The number of thioether (sulfide) groups is 8. The summed E-state index contributed by atoms with van der Waals surface area (Å²) in [5.74, 6) is 0.857. The zero-order valence-electron chi connectivity index (χ0n) is 14.0. The summed E-state index contributed by atoms with van der Waals surface area (Å²) >= 11 is 14.7. The molecular formula is C13H18O3S9. The quantitative estimate of drug-likeness (QED) is 0.252. The zero-order valence-corrected chi connectivity index (χ0v) is 21.4. The molecule has 0 N–H and O–H groups in total. The summed E-state index contributed by atoms with van der Waals surface area (Å²) in [7, 11) is -3.33. The van der Waals surface area contributed by atoms with Crippen molar-refractivity contribution in [2.45, 2.75) is 6.42 Å². The van der Waals surface area contributed by atoms with E-state index in [4.69, 9.17) is 4.18 Å². The highest BCUT2D eigenvalue weighted by Crippen LogP contribution is 2.65. The lowest BCUT2D eigenvalue weighted by atomic mass is 10.5. The Hall–Kier alpha value is 1.93. The standard InChI is InChI=1S/C13H18O3S9/c1-17-8-9(18-2)22-12(21-8)13-23-10(19-3)11(24-13)20-7-5-6-16-25(4,14)15/h5-7H2,1-4H3. The van der Waals surface area contributed by atoms with Crippen LogP contribution in [0.1, 0.15) is 6.42 Å². The summed E-state index contributed by atoms with van der Waals surface area (Å²) in [5.41, 5.74) is 0. The lowest BCUT2D eigenvalue weighted by Crippen LogP contribution is -2.04. The van der Waals surface area contributed by atoms with Crippen LogP contribution in [0.5, 0.6) is 0 Å². The first-order valence-corrected chi connectivity index (χ1v) is 16.7. The summed E-state index contributed by atoms with van der Waals surface area (Å²) in [4.78, 5) is 0. The summed E-state index contributed by atoms with van der Waals surface area (Å²) in [6, 6.07) is 0. The molecule has 0 aromatic heterocycles. The Kier molecular flexibility index (Phi) is 10.4. The van der Waals surface area contributed by atoms with Gasteiger partial charge in [-0.2, -0.15) is 8.42 Å². The average Bonchev–Trinajstić information content (AvgIpc) is 3.16. The van der Waals surface area contributed by atoms with Gasteiger partial charge in [0.25, 0.3) is 10.1 Å². The van der Waals surface area contributed by atoms with E-state index < -0.39 is 10.1 Å². The van der Waals surface area contributed by atoms with E-state index in [1.807, 2.05) is 70.6 Å². The fourth-order valence-electron chi connectivity index (χ4n) is 1.61. The second-order valence-electron chi connectivity index (χ2n) is 4.47. The Balaban J connectivity index is 1.90. The van der Waals surface area contributed by atoms with E-state index in [1.165, 1.54) is 25.4 Å². The van der Waals surface area contributed by atoms with E-state index in [2.05, 4.69) is 18.8 Å². The lowest BCUT2D eigenvalue weighted by Gasteiger charge is -2.04. The minimum Gasteiger partial charge on any atom is -0.270 e. The Morgan fingerprint density at radius 1 is 0.840 bits per heavy atom. The first-order valence-electron chi connectivity index (χ1n) is 6.91. The highest BCUT2D eigenvalue weighted by atomic mass is 32.3. The Bertz CT molecular complexity index is 676. The summed E-state index contributed by atoms with van der Waals surface area (Å²) in [5, 5.41) is 0. The Morgan fingerprint density at radius 3 is 1.72 bits per heavy atom. The Morgan fingerprint density at radius 2 is 1.28 bits per heavy atom. The summed E-state index contributed by atoms with van der Waals surface area (Å²) in [6.45, 7) is 0.253. The molecule has 0 fully saturated rings. The van der Waals surface area contributed by atoms with Gasteiger partial charge in [-0.1, -0.05) is 47.0 Å². The van der Waals surface area contributed by atoms with Gasteiger partial charge in [-0.3, -0.25) is 4.18 Å². The van der Waals surface area contributed by atoms with Crippen molar-refractivity contribution in [1.82, 2.24) is 0 Å². The van der Waals surface area contributed by atoms with E-state index >= 15 is 0 Å². The van der Waals surface area contributed by atoms with Crippen molar-refractivity contribution in [2.75, 3.05) is 37.4 Å². The summed E-state index contributed by atoms with van der Waals surface area (Å²) < 4.78 is 34.9. The molecule has 12 heteroatoms.